The highest BCUT2D eigenvalue weighted by atomic mass is 79.9. The van der Waals surface area contributed by atoms with Crippen LogP contribution in [0, 0.1) is 13.8 Å². The Morgan fingerprint density at radius 1 is 1.28 bits per heavy atom. The van der Waals surface area contributed by atoms with Gasteiger partial charge < -0.3 is 5.73 Å². The SMILES string of the molecule is CCn1nc(C)c(Br)c1Cn1cc(CN)c(C)n1. The second kappa shape index (κ2) is 5.24. The molecule has 0 bridgehead atoms. The van der Waals surface area contributed by atoms with E-state index in [9.17, 15) is 0 Å². The van der Waals surface area contributed by atoms with Gasteiger partial charge in [0.2, 0.25) is 0 Å². The molecule has 6 heteroatoms. The minimum absolute atomic E-state index is 0.527. The van der Waals surface area contributed by atoms with Crippen molar-refractivity contribution in [3.8, 4) is 0 Å². The molecule has 0 aliphatic heterocycles. The Hall–Kier alpha value is -1.14. The summed E-state index contributed by atoms with van der Waals surface area (Å²) in [7, 11) is 0. The number of halogens is 1. The molecule has 2 aromatic heterocycles. The van der Waals surface area contributed by atoms with Gasteiger partial charge in [-0.1, -0.05) is 0 Å². The van der Waals surface area contributed by atoms with Gasteiger partial charge in [-0.15, -0.1) is 0 Å². The van der Waals surface area contributed by atoms with Crippen LogP contribution < -0.4 is 5.73 Å². The zero-order chi connectivity index (χ0) is 13.3. The van der Waals surface area contributed by atoms with Crippen LogP contribution in [0.3, 0.4) is 0 Å². The summed E-state index contributed by atoms with van der Waals surface area (Å²) < 4.78 is 4.98. The third kappa shape index (κ3) is 2.35. The van der Waals surface area contributed by atoms with Gasteiger partial charge in [-0.05, 0) is 36.7 Å². The van der Waals surface area contributed by atoms with Crippen molar-refractivity contribution < 1.29 is 0 Å². The standard InChI is InChI=1S/C12H18BrN5/c1-4-18-11(12(13)9(3)16-18)7-17-6-10(5-14)8(2)15-17/h6H,4-5,7,14H2,1-3H3. The van der Waals surface area contributed by atoms with E-state index in [4.69, 9.17) is 5.73 Å². The van der Waals surface area contributed by atoms with Crippen LogP contribution in [0.5, 0.6) is 0 Å². The summed E-state index contributed by atoms with van der Waals surface area (Å²) in [5.41, 5.74) is 9.90. The van der Waals surface area contributed by atoms with Gasteiger partial charge in [0.15, 0.2) is 0 Å². The molecule has 2 N–H and O–H groups in total. The Labute approximate surface area is 115 Å². The molecule has 0 aromatic carbocycles. The lowest BCUT2D eigenvalue weighted by Crippen LogP contribution is -2.09. The summed E-state index contributed by atoms with van der Waals surface area (Å²) in [4.78, 5) is 0. The van der Waals surface area contributed by atoms with Crippen molar-refractivity contribution in [2.45, 2.75) is 40.4 Å². The molecule has 0 aliphatic rings. The highest BCUT2D eigenvalue weighted by Crippen LogP contribution is 2.22. The topological polar surface area (TPSA) is 61.7 Å². The maximum Gasteiger partial charge on any atom is 0.0840 e. The summed E-state index contributed by atoms with van der Waals surface area (Å²) in [6.07, 6.45) is 2.00. The molecular formula is C12H18BrN5. The summed E-state index contributed by atoms with van der Waals surface area (Å²) in [5.74, 6) is 0. The molecule has 0 radical (unpaired) electrons. The van der Waals surface area contributed by atoms with E-state index >= 15 is 0 Å². The largest absolute Gasteiger partial charge is 0.326 e. The zero-order valence-corrected chi connectivity index (χ0v) is 12.5. The van der Waals surface area contributed by atoms with Gasteiger partial charge in [0.25, 0.3) is 0 Å². The highest BCUT2D eigenvalue weighted by molar-refractivity contribution is 9.10. The monoisotopic (exact) mass is 311 g/mol. The van der Waals surface area contributed by atoms with Crippen molar-refractivity contribution in [1.82, 2.24) is 19.6 Å². The lowest BCUT2D eigenvalue weighted by atomic mass is 10.3. The van der Waals surface area contributed by atoms with E-state index in [1.165, 1.54) is 0 Å². The first kappa shape index (κ1) is 13.3. The molecule has 0 saturated carbocycles. The normalized spacial score (nSPS) is 11.2. The molecule has 0 atom stereocenters. The molecule has 0 unspecified atom stereocenters. The van der Waals surface area contributed by atoms with E-state index in [1.54, 1.807) is 0 Å². The Morgan fingerprint density at radius 2 is 2.00 bits per heavy atom. The first-order chi connectivity index (χ1) is 8.56. The second-order valence-corrected chi connectivity index (χ2v) is 5.10. The first-order valence-electron chi connectivity index (χ1n) is 6.01. The number of hydrogen-bond donors (Lipinski definition) is 1. The number of aryl methyl sites for hydroxylation is 3. The predicted molar refractivity (Wildman–Crippen MR) is 74.3 cm³/mol. The van der Waals surface area contributed by atoms with Gasteiger partial charge >= 0.3 is 0 Å². The first-order valence-corrected chi connectivity index (χ1v) is 6.80. The van der Waals surface area contributed by atoms with Crippen molar-refractivity contribution in [1.29, 1.82) is 0 Å². The van der Waals surface area contributed by atoms with Gasteiger partial charge in [-0.3, -0.25) is 9.36 Å². The third-order valence-corrected chi connectivity index (χ3v) is 4.06. The fraction of sp³-hybridized carbons (Fsp3) is 0.500. The van der Waals surface area contributed by atoms with E-state index in [2.05, 4.69) is 33.1 Å². The lowest BCUT2D eigenvalue weighted by Gasteiger charge is -2.05. The number of hydrogen-bond acceptors (Lipinski definition) is 3. The molecule has 0 amide bonds. The molecule has 2 rings (SSSR count). The van der Waals surface area contributed by atoms with E-state index in [0.29, 0.717) is 13.1 Å². The van der Waals surface area contributed by atoms with Gasteiger partial charge in [0.05, 0.1) is 28.1 Å². The molecule has 5 nitrogen and oxygen atoms in total. The molecule has 2 heterocycles. The Morgan fingerprint density at radius 3 is 2.56 bits per heavy atom. The zero-order valence-electron chi connectivity index (χ0n) is 10.9. The second-order valence-electron chi connectivity index (χ2n) is 4.30. The van der Waals surface area contributed by atoms with E-state index in [1.807, 2.05) is 29.4 Å². The fourth-order valence-electron chi connectivity index (χ4n) is 2.01. The summed E-state index contributed by atoms with van der Waals surface area (Å²) in [6, 6.07) is 0. The van der Waals surface area contributed by atoms with Crippen LogP contribution in [-0.2, 0) is 19.6 Å². The average molecular weight is 312 g/mol. The fourth-order valence-corrected chi connectivity index (χ4v) is 2.42. The Bertz CT molecular complexity index is 555. The average Bonchev–Trinajstić information content (AvgIpc) is 2.84. The molecule has 98 valence electrons. The predicted octanol–water partition coefficient (Wildman–Crippen LogP) is 1.99. The molecule has 0 aliphatic carbocycles. The smallest absolute Gasteiger partial charge is 0.0840 e. The van der Waals surface area contributed by atoms with Crippen molar-refractivity contribution in [2.75, 3.05) is 0 Å². The number of rotatable bonds is 4. The highest BCUT2D eigenvalue weighted by Gasteiger charge is 2.13. The maximum atomic E-state index is 5.67. The maximum absolute atomic E-state index is 5.67. The molecule has 18 heavy (non-hydrogen) atoms. The molecule has 0 saturated heterocycles. The van der Waals surface area contributed by atoms with E-state index in [0.717, 1.165) is 33.7 Å². The van der Waals surface area contributed by atoms with Crippen molar-refractivity contribution in [2.24, 2.45) is 5.73 Å². The Balaban J connectivity index is 2.33. The van der Waals surface area contributed by atoms with Crippen LogP contribution in [0.2, 0.25) is 0 Å². The van der Waals surface area contributed by atoms with E-state index < -0.39 is 0 Å². The third-order valence-electron chi connectivity index (χ3n) is 3.03. The minimum atomic E-state index is 0.527. The number of nitrogens with two attached hydrogens (primary N) is 1. The summed E-state index contributed by atoms with van der Waals surface area (Å²) >= 11 is 3.59. The Kier molecular flexibility index (Phi) is 3.87. The van der Waals surface area contributed by atoms with Gasteiger partial charge in [-0.2, -0.15) is 10.2 Å². The van der Waals surface area contributed by atoms with Crippen molar-refractivity contribution in [3.05, 3.63) is 33.3 Å². The van der Waals surface area contributed by atoms with Gasteiger partial charge in [0, 0.05) is 24.8 Å². The lowest BCUT2D eigenvalue weighted by molar-refractivity contribution is 0.572. The number of aromatic nitrogens is 4. The van der Waals surface area contributed by atoms with Crippen LogP contribution in [0.25, 0.3) is 0 Å². The van der Waals surface area contributed by atoms with Crippen LogP contribution in [0.1, 0.15) is 29.6 Å². The quantitative estimate of drug-likeness (QED) is 0.939. The van der Waals surface area contributed by atoms with Crippen LogP contribution in [0.15, 0.2) is 10.7 Å². The summed E-state index contributed by atoms with van der Waals surface area (Å²) in [5, 5.41) is 8.96. The van der Waals surface area contributed by atoms with Gasteiger partial charge in [0.1, 0.15) is 0 Å². The van der Waals surface area contributed by atoms with Crippen LogP contribution in [0.4, 0.5) is 0 Å². The van der Waals surface area contributed by atoms with E-state index in [-0.39, 0.29) is 0 Å². The van der Waals surface area contributed by atoms with Crippen LogP contribution in [-0.4, -0.2) is 19.6 Å². The minimum Gasteiger partial charge on any atom is -0.326 e. The molecule has 0 spiro atoms. The molecule has 0 fully saturated rings. The van der Waals surface area contributed by atoms with Gasteiger partial charge in [-0.25, -0.2) is 0 Å². The molecular weight excluding hydrogens is 294 g/mol. The van der Waals surface area contributed by atoms with Crippen molar-refractivity contribution >= 4 is 15.9 Å². The summed E-state index contributed by atoms with van der Waals surface area (Å²) in [6.45, 7) is 8.15. The van der Waals surface area contributed by atoms with Crippen molar-refractivity contribution in [3.63, 3.8) is 0 Å². The number of nitrogens with zero attached hydrogens (tertiary/aromatic N) is 4. The molecule has 2 aromatic rings. The van der Waals surface area contributed by atoms with Crippen LogP contribution >= 0.6 is 15.9 Å².